The third-order valence-electron chi connectivity index (χ3n) is 2.58. The molecule has 1 unspecified atom stereocenters. The lowest BCUT2D eigenvalue weighted by Gasteiger charge is -2.09. The van der Waals surface area contributed by atoms with E-state index < -0.39 is 0 Å². The second-order valence-corrected chi connectivity index (χ2v) is 4.94. The first-order chi connectivity index (χ1) is 8.72. The van der Waals surface area contributed by atoms with Gasteiger partial charge >= 0.3 is 5.97 Å². The molecule has 2 rings (SSSR count). The Balaban J connectivity index is 2.15. The molecule has 1 aromatic heterocycles. The molecule has 0 fully saturated rings. The van der Waals surface area contributed by atoms with Crippen LogP contribution in [0.3, 0.4) is 0 Å². The summed E-state index contributed by atoms with van der Waals surface area (Å²) in [5.74, 6) is 0.308. The number of ether oxygens (including phenoxy) is 1. The summed E-state index contributed by atoms with van der Waals surface area (Å²) in [5, 5.41) is 1.92. The zero-order chi connectivity index (χ0) is 13.0. The normalized spacial score (nSPS) is 12.3. The van der Waals surface area contributed by atoms with Crippen molar-refractivity contribution in [3.8, 4) is 0 Å². The van der Waals surface area contributed by atoms with Crippen molar-refractivity contribution >= 4 is 28.6 Å². The molecule has 0 radical (unpaired) electrons. The van der Waals surface area contributed by atoms with Crippen LogP contribution in [0.5, 0.6) is 0 Å². The summed E-state index contributed by atoms with van der Waals surface area (Å²) in [7, 11) is 1.41. The molecule has 0 N–H and O–H groups in total. The Morgan fingerprint density at radius 1 is 1.39 bits per heavy atom. The number of para-hydroxylation sites is 1. The molecule has 0 amide bonds. The first-order valence-corrected chi connectivity index (χ1v) is 6.61. The van der Waals surface area contributed by atoms with E-state index in [4.69, 9.17) is 4.74 Å². The summed E-state index contributed by atoms with van der Waals surface area (Å²) in [6.45, 7) is 1.85. The van der Waals surface area contributed by atoms with E-state index in [2.05, 4.69) is 9.97 Å². The van der Waals surface area contributed by atoms with Gasteiger partial charge in [-0.3, -0.25) is 4.79 Å². The van der Waals surface area contributed by atoms with Gasteiger partial charge in [0, 0.05) is 11.1 Å². The van der Waals surface area contributed by atoms with Gasteiger partial charge in [0.2, 0.25) is 0 Å². The number of hydrogen-bond acceptors (Lipinski definition) is 5. The van der Waals surface area contributed by atoms with Crippen LogP contribution >= 0.6 is 11.8 Å². The predicted molar refractivity (Wildman–Crippen MR) is 71.4 cm³/mol. The second-order valence-electron chi connectivity index (χ2n) is 3.93. The van der Waals surface area contributed by atoms with E-state index in [1.54, 1.807) is 18.1 Å². The van der Waals surface area contributed by atoms with Crippen LogP contribution in [0.1, 0.15) is 6.92 Å². The van der Waals surface area contributed by atoms with Crippen LogP contribution in [0, 0.1) is 5.92 Å². The first kappa shape index (κ1) is 12.8. The highest BCUT2D eigenvalue weighted by molar-refractivity contribution is 7.99. The Bertz CT molecular complexity index is 554. The summed E-state index contributed by atoms with van der Waals surface area (Å²) >= 11 is 1.55. The first-order valence-electron chi connectivity index (χ1n) is 5.62. The SMILES string of the molecule is COC(=O)C(C)CSc1ncnc2ccccc12. The number of benzene rings is 1. The molecule has 94 valence electrons. The number of carbonyl (C=O) groups excluding carboxylic acids is 1. The van der Waals surface area contributed by atoms with Gasteiger partial charge in [0.25, 0.3) is 0 Å². The third-order valence-corrected chi connectivity index (χ3v) is 3.85. The summed E-state index contributed by atoms with van der Waals surface area (Å²) in [4.78, 5) is 19.8. The van der Waals surface area contributed by atoms with E-state index in [9.17, 15) is 4.79 Å². The number of nitrogens with zero attached hydrogens (tertiary/aromatic N) is 2. The third kappa shape index (κ3) is 2.79. The molecule has 0 saturated heterocycles. The van der Waals surface area contributed by atoms with Crippen molar-refractivity contribution in [2.24, 2.45) is 5.92 Å². The average Bonchev–Trinajstić information content (AvgIpc) is 2.43. The van der Waals surface area contributed by atoms with Gasteiger partial charge in [-0.1, -0.05) is 25.1 Å². The molecule has 0 aliphatic heterocycles. The van der Waals surface area contributed by atoms with Gasteiger partial charge in [0.1, 0.15) is 11.4 Å². The molecule has 0 aliphatic carbocycles. The van der Waals surface area contributed by atoms with Crippen molar-refractivity contribution in [1.82, 2.24) is 9.97 Å². The van der Waals surface area contributed by atoms with Crippen LogP contribution in [0.4, 0.5) is 0 Å². The monoisotopic (exact) mass is 262 g/mol. The topological polar surface area (TPSA) is 52.1 Å². The highest BCUT2D eigenvalue weighted by atomic mass is 32.2. The number of esters is 1. The van der Waals surface area contributed by atoms with Crippen molar-refractivity contribution in [2.75, 3.05) is 12.9 Å². The molecule has 5 heteroatoms. The zero-order valence-corrected chi connectivity index (χ0v) is 11.1. The molecule has 0 bridgehead atoms. The fraction of sp³-hybridized carbons (Fsp3) is 0.308. The smallest absolute Gasteiger partial charge is 0.309 e. The molecule has 2 aromatic rings. The van der Waals surface area contributed by atoms with Crippen LogP contribution in [-0.4, -0.2) is 28.8 Å². The van der Waals surface area contributed by atoms with Gasteiger partial charge in [-0.05, 0) is 6.07 Å². The van der Waals surface area contributed by atoms with Gasteiger partial charge in [0.05, 0.1) is 18.5 Å². The Kier molecular flexibility index (Phi) is 4.15. The molecule has 4 nitrogen and oxygen atoms in total. The minimum atomic E-state index is -0.194. The van der Waals surface area contributed by atoms with Crippen molar-refractivity contribution < 1.29 is 9.53 Å². The number of methoxy groups -OCH3 is 1. The van der Waals surface area contributed by atoms with Crippen LogP contribution in [0.15, 0.2) is 35.6 Å². The van der Waals surface area contributed by atoms with Crippen molar-refractivity contribution in [3.05, 3.63) is 30.6 Å². The number of thioether (sulfide) groups is 1. The lowest BCUT2D eigenvalue weighted by Crippen LogP contribution is -2.14. The maximum absolute atomic E-state index is 11.3. The molecule has 1 atom stereocenters. The van der Waals surface area contributed by atoms with Crippen LogP contribution < -0.4 is 0 Å². The second kappa shape index (κ2) is 5.82. The largest absolute Gasteiger partial charge is 0.469 e. The molecule has 0 aliphatic rings. The predicted octanol–water partition coefficient (Wildman–Crippen LogP) is 2.53. The zero-order valence-electron chi connectivity index (χ0n) is 10.3. The van der Waals surface area contributed by atoms with E-state index >= 15 is 0 Å². The number of aromatic nitrogens is 2. The molecule has 0 saturated carbocycles. The standard InChI is InChI=1S/C13H14N2O2S/c1-9(13(16)17-2)7-18-12-10-5-3-4-6-11(10)14-8-15-12/h3-6,8-9H,7H2,1-2H3. The molecular weight excluding hydrogens is 248 g/mol. The molecular formula is C13H14N2O2S. The minimum absolute atomic E-state index is 0.145. The van der Waals surface area contributed by atoms with Crippen molar-refractivity contribution in [3.63, 3.8) is 0 Å². The van der Waals surface area contributed by atoms with E-state index in [-0.39, 0.29) is 11.9 Å². The summed E-state index contributed by atoms with van der Waals surface area (Å²) in [6, 6.07) is 7.84. The van der Waals surface area contributed by atoms with Gasteiger partial charge in [-0.15, -0.1) is 11.8 Å². The number of fused-ring (bicyclic) bond motifs is 1. The van der Waals surface area contributed by atoms with Crippen LogP contribution in [0.25, 0.3) is 10.9 Å². The van der Waals surface area contributed by atoms with Crippen LogP contribution in [0.2, 0.25) is 0 Å². The lowest BCUT2D eigenvalue weighted by atomic mass is 10.2. The number of hydrogen-bond donors (Lipinski definition) is 0. The highest BCUT2D eigenvalue weighted by Gasteiger charge is 2.14. The fourth-order valence-corrected chi connectivity index (χ4v) is 2.56. The van der Waals surface area contributed by atoms with Gasteiger partial charge in [0.15, 0.2) is 0 Å². The molecule has 0 spiro atoms. The highest BCUT2D eigenvalue weighted by Crippen LogP contribution is 2.25. The Labute approximate surface area is 110 Å². The van der Waals surface area contributed by atoms with E-state index in [0.717, 1.165) is 15.9 Å². The maximum Gasteiger partial charge on any atom is 0.309 e. The summed E-state index contributed by atoms with van der Waals surface area (Å²) in [5.41, 5.74) is 0.917. The van der Waals surface area contributed by atoms with Crippen molar-refractivity contribution in [1.29, 1.82) is 0 Å². The van der Waals surface area contributed by atoms with E-state index in [1.807, 2.05) is 31.2 Å². The Hall–Kier alpha value is -1.62. The molecule has 1 aromatic carbocycles. The van der Waals surface area contributed by atoms with E-state index in [0.29, 0.717) is 5.75 Å². The molecule has 1 heterocycles. The van der Waals surface area contributed by atoms with Gasteiger partial charge in [-0.25, -0.2) is 9.97 Å². The van der Waals surface area contributed by atoms with Crippen molar-refractivity contribution in [2.45, 2.75) is 11.9 Å². The van der Waals surface area contributed by atoms with Gasteiger partial charge < -0.3 is 4.74 Å². The average molecular weight is 262 g/mol. The Morgan fingerprint density at radius 2 is 2.17 bits per heavy atom. The quantitative estimate of drug-likeness (QED) is 0.481. The summed E-state index contributed by atoms with van der Waals surface area (Å²) < 4.78 is 4.70. The fourth-order valence-electron chi connectivity index (χ4n) is 1.57. The van der Waals surface area contributed by atoms with Crippen LogP contribution in [-0.2, 0) is 9.53 Å². The Morgan fingerprint density at radius 3 is 2.94 bits per heavy atom. The summed E-state index contributed by atoms with van der Waals surface area (Å²) in [6.07, 6.45) is 1.55. The van der Waals surface area contributed by atoms with E-state index in [1.165, 1.54) is 7.11 Å². The minimum Gasteiger partial charge on any atom is -0.469 e. The lowest BCUT2D eigenvalue weighted by molar-refractivity contribution is -0.143. The number of carbonyl (C=O) groups is 1. The molecule has 18 heavy (non-hydrogen) atoms. The maximum atomic E-state index is 11.3. The van der Waals surface area contributed by atoms with Gasteiger partial charge in [-0.2, -0.15) is 0 Å². The number of rotatable bonds is 4.